The minimum absolute atomic E-state index is 0.0663. The number of ether oxygens (including phenoxy) is 1. The lowest BCUT2D eigenvalue weighted by atomic mass is 9.62. The Labute approximate surface area is 217 Å². The normalized spacial score (nSPS) is 29.2. The summed E-state index contributed by atoms with van der Waals surface area (Å²) < 4.78 is 112. The van der Waals surface area contributed by atoms with Crippen LogP contribution in [0.3, 0.4) is 0 Å². The Morgan fingerprint density at radius 2 is 1.71 bits per heavy atom. The van der Waals surface area contributed by atoms with Crippen molar-refractivity contribution in [1.82, 2.24) is 10.0 Å². The second-order valence-electron chi connectivity index (χ2n) is 10.2. The second-order valence-corrected chi connectivity index (χ2v) is 12.0. The van der Waals surface area contributed by atoms with E-state index in [9.17, 15) is 40.0 Å². The third-order valence-corrected chi connectivity index (χ3v) is 8.07. The number of hydrogen-bond donors (Lipinski definition) is 2. The summed E-state index contributed by atoms with van der Waals surface area (Å²) >= 11 is 0. The maximum Gasteiger partial charge on any atom is 0.416 e. The number of halogens is 6. The van der Waals surface area contributed by atoms with Crippen LogP contribution in [0.5, 0.6) is 0 Å². The van der Waals surface area contributed by atoms with Gasteiger partial charge in [-0.2, -0.15) is 36.3 Å². The van der Waals surface area contributed by atoms with E-state index in [4.69, 9.17) is 4.74 Å². The third kappa shape index (κ3) is 6.59. The largest absolute Gasteiger partial charge is 0.416 e. The van der Waals surface area contributed by atoms with Crippen LogP contribution in [0.1, 0.15) is 55.9 Å². The van der Waals surface area contributed by atoms with E-state index in [-0.39, 0.29) is 37.6 Å². The van der Waals surface area contributed by atoms with Crippen LogP contribution in [0.25, 0.3) is 0 Å². The zero-order valence-corrected chi connectivity index (χ0v) is 21.8. The topological polar surface area (TPSA) is 91.2 Å². The first-order chi connectivity index (χ1) is 17.3. The van der Waals surface area contributed by atoms with E-state index in [1.165, 1.54) is 6.92 Å². The lowest BCUT2D eigenvalue weighted by Crippen LogP contribution is -2.69. The number of rotatable bonds is 7. The average Bonchev–Trinajstić information content (AvgIpc) is 2.81. The zero-order chi connectivity index (χ0) is 28.6. The van der Waals surface area contributed by atoms with Gasteiger partial charge in [0.15, 0.2) is 0 Å². The van der Waals surface area contributed by atoms with Gasteiger partial charge in [-0.3, -0.25) is 0 Å². The van der Waals surface area contributed by atoms with Crippen LogP contribution in [-0.4, -0.2) is 38.9 Å². The molecule has 0 bridgehead atoms. The second kappa shape index (κ2) is 10.3. The number of piperidine rings is 1. The highest BCUT2D eigenvalue weighted by atomic mass is 32.2. The van der Waals surface area contributed by atoms with E-state index in [1.807, 2.05) is 37.3 Å². The van der Waals surface area contributed by atoms with Gasteiger partial charge in [0.25, 0.3) is 0 Å². The molecule has 1 saturated heterocycles. The van der Waals surface area contributed by atoms with Crippen molar-refractivity contribution in [2.45, 2.75) is 62.6 Å². The minimum Gasteiger partial charge on any atom is -0.372 e. The molecule has 2 aliphatic rings. The van der Waals surface area contributed by atoms with Crippen LogP contribution in [0.4, 0.5) is 26.3 Å². The molecule has 210 valence electrons. The van der Waals surface area contributed by atoms with Crippen molar-refractivity contribution in [2.75, 3.05) is 19.4 Å². The Hall–Kier alpha value is -2.40. The number of nitrogens with zero attached hydrogens (tertiary/aromatic N) is 1. The Balaban J connectivity index is 1.92. The number of alkyl halides is 6. The number of nitriles is 1. The molecule has 6 nitrogen and oxygen atoms in total. The van der Waals surface area contributed by atoms with Crippen LogP contribution in [-0.2, 0) is 27.1 Å². The van der Waals surface area contributed by atoms with Crippen LogP contribution >= 0.6 is 0 Å². The Morgan fingerprint density at radius 3 is 2.13 bits per heavy atom. The van der Waals surface area contributed by atoms with Crippen molar-refractivity contribution in [3.63, 3.8) is 0 Å². The molecule has 0 amide bonds. The van der Waals surface area contributed by atoms with Gasteiger partial charge in [-0.25, -0.2) is 8.42 Å². The summed E-state index contributed by atoms with van der Waals surface area (Å²) in [6, 6.07) is 3.37. The molecule has 13 heteroatoms. The standard InChI is InChI=1S/C25H29F6N3O3S/c1-17(18-11-19(24(26,27)28)13-20(12-18)25(29,30)31)37-16-23(21(2)7-5-4-6-8-21)10-9-22(14-32,15-33-23)34-38(3,35)36/h4-7,11-13,17,33-34H,8-10,15-16H2,1-3H3/t17-,21?,22-,23-/m1/s1. The van der Waals surface area contributed by atoms with Gasteiger partial charge < -0.3 is 10.1 Å². The van der Waals surface area contributed by atoms with E-state index in [2.05, 4.69) is 10.0 Å². The van der Waals surface area contributed by atoms with Crippen LogP contribution in [0.2, 0.25) is 0 Å². The van der Waals surface area contributed by atoms with E-state index in [1.54, 1.807) is 0 Å². The van der Waals surface area contributed by atoms with Crippen LogP contribution in [0.15, 0.2) is 42.5 Å². The molecule has 0 saturated carbocycles. The van der Waals surface area contributed by atoms with E-state index in [0.717, 1.165) is 6.26 Å². The molecule has 2 N–H and O–H groups in total. The molecule has 1 aliphatic carbocycles. The van der Waals surface area contributed by atoms with Gasteiger partial charge in [-0.1, -0.05) is 31.2 Å². The molecule has 0 radical (unpaired) electrons. The molecule has 1 aliphatic heterocycles. The van der Waals surface area contributed by atoms with Crippen molar-refractivity contribution in [3.8, 4) is 6.07 Å². The molecule has 3 rings (SSSR count). The van der Waals surface area contributed by atoms with E-state index >= 15 is 0 Å². The van der Waals surface area contributed by atoms with Gasteiger partial charge in [0.1, 0.15) is 5.54 Å². The molecule has 38 heavy (non-hydrogen) atoms. The highest BCUT2D eigenvalue weighted by Gasteiger charge is 2.52. The minimum atomic E-state index is -4.98. The highest BCUT2D eigenvalue weighted by molar-refractivity contribution is 7.88. The van der Waals surface area contributed by atoms with Crippen molar-refractivity contribution in [1.29, 1.82) is 5.26 Å². The summed E-state index contributed by atoms with van der Waals surface area (Å²) in [5.74, 6) is 0. The maximum absolute atomic E-state index is 13.3. The first-order valence-electron chi connectivity index (χ1n) is 11.7. The van der Waals surface area contributed by atoms with Gasteiger partial charge in [-0.15, -0.1) is 0 Å². The quantitative estimate of drug-likeness (QED) is 0.441. The smallest absolute Gasteiger partial charge is 0.372 e. The predicted molar refractivity (Wildman–Crippen MR) is 128 cm³/mol. The SMILES string of the molecule is C[C@@H](OC[C@@]1(C2(C)C=CC=CC2)CC[C@](C#N)(NS(C)(=O)=O)CN1)c1cc(C(F)(F)F)cc(C(F)(F)F)c1. The number of allylic oxidation sites excluding steroid dienone is 3. The van der Waals surface area contributed by atoms with Crippen LogP contribution in [0, 0.1) is 16.7 Å². The first kappa shape index (κ1) is 30.1. The summed E-state index contributed by atoms with van der Waals surface area (Å²) in [5, 5.41) is 13.0. The molecule has 4 atom stereocenters. The molecule has 1 aromatic carbocycles. The summed E-state index contributed by atoms with van der Waals surface area (Å²) in [5.41, 5.74) is -6.08. The molecule has 1 aromatic rings. The van der Waals surface area contributed by atoms with Gasteiger partial charge in [0, 0.05) is 12.0 Å². The molecule has 1 fully saturated rings. The molecule has 0 spiro atoms. The Morgan fingerprint density at radius 1 is 1.11 bits per heavy atom. The van der Waals surface area contributed by atoms with Gasteiger partial charge in [0.2, 0.25) is 10.0 Å². The molecule has 0 aromatic heterocycles. The zero-order valence-electron chi connectivity index (χ0n) is 21.0. The van der Waals surface area contributed by atoms with Crippen molar-refractivity contribution in [3.05, 3.63) is 59.2 Å². The average molecular weight is 566 g/mol. The van der Waals surface area contributed by atoms with Crippen molar-refractivity contribution < 1.29 is 39.5 Å². The lowest BCUT2D eigenvalue weighted by molar-refractivity contribution is -0.143. The number of hydrogen-bond acceptors (Lipinski definition) is 5. The van der Waals surface area contributed by atoms with E-state index < -0.39 is 56.1 Å². The molecule has 1 unspecified atom stereocenters. The third-order valence-electron chi connectivity index (χ3n) is 7.31. The monoisotopic (exact) mass is 565 g/mol. The Bertz CT molecular complexity index is 1210. The van der Waals surface area contributed by atoms with Gasteiger partial charge in [-0.05, 0) is 49.9 Å². The number of sulfonamides is 1. The fraction of sp³-hybridized carbons (Fsp3) is 0.560. The predicted octanol–water partition coefficient (Wildman–Crippen LogP) is 5.26. The summed E-state index contributed by atoms with van der Waals surface area (Å²) in [6.07, 6.45) is -1.79. The summed E-state index contributed by atoms with van der Waals surface area (Å²) in [7, 11) is -3.72. The number of nitrogens with one attached hydrogen (secondary N) is 2. The van der Waals surface area contributed by atoms with Crippen molar-refractivity contribution in [2.24, 2.45) is 5.41 Å². The van der Waals surface area contributed by atoms with Crippen LogP contribution < -0.4 is 10.0 Å². The number of benzene rings is 1. The Kier molecular flexibility index (Phi) is 8.17. The highest BCUT2D eigenvalue weighted by Crippen LogP contribution is 2.46. The molecular formula is C25H29F6N3O3S. The molecule has 1 heterocycles. The fourth-order valence-electron chi connectivity index (χ4n) is 4.92. The fourth-order valence-corrected chi connectivity index (χ4v) is 5.85. The van der Waals surface area contributed by atoms with Gasteiger partial charge >= 0.3 is 12.4 Å². The first-order valence-corrected chi connectivity index (χ1v) is 13.6. The van der Waals surface area contributed by atoms with E-state index in [0.29, 0.717) is 18.6 Å². The maximum atomic E-state index is 13.3. The lowest BCUT2D eigenvalue weighted by Gasteiger charge is -2.53. The van der Waals surface area contributed by atoms with Gasteiger partial charge in [0.05, 0.1) is 41.7 Å². The summed E-state index contributed by atoms with van der Waals surface area (Å²) in [4.78, 5) is 0. The molecular weight excluding hydrogens is 536 g/mol. The van der Waals surface area contributed by atoms with Crippen molar-refractivity contribution >= 4 is 10.0 Å². The summed E-state index contributed by atoms with van der Waals surface area (Å²) in [6.45, 7) is 3.09.